The smallest absolute Gasteiger partial charge is 0.231 e. The number of hydrogen-bond acceptors (Lipinski definition) is 4. The lowest BCUT2D eigenvalue weighted by Crippen LogP contribution is -2.22. The average Bonchev–Trinajstić information content (AvgIpc) is 2.82. The van der Waals surface area contributed by atoms with Crippen LogP contribution in [0, 0.1) is 0 Å². The predicted molar refractivity (Wildman–Crippen MR) is 64.8 cm³/mol. The number of hydrogen-bond donors (Lipinski definition) is 0. The molecule has 0 unspecified atom stereocenters. The van der Waals surface area contributed by atoms with Crippen molar-refractivity contribution in [2.45, 2.75) is 12.8 Å². The van der Waals surface area contributed by atoms with Crippen LogP contribution in [-0.4, -0.2) is 37.5 Å². The maximum atomic E-state index is 11.9. The Kier molecular flexibility index (Phi) is 3.50. The first-order valence-corrected chi connectivity index (χ1v) is 5.71. The molecule has 1 aliphatic rings. The van der Waals surface area contributed by atoms with Gasteiger partial charge in [0, 0.05) is 32.5 Å². The number of benzene rings is 1. The number of nitrogens with zero attached hydrogens (tertiary/aromatic N) is 1. The van der Waals surface area contributed by atoms with E-state index in [4.69, 9.17) is 9.47 Å². The van der Waals surface area contributed by atoms with Crippen LogP contribution in [0.3, 0.4) is 0 Å². The van der Waals surface area contributed by atoms with Crippen molar-refractivity contribution in [3.8, 4) is 11.5 Å². The molecule has 2 rings (SSSR count). The summed E-state index contributed by atoms with van der Waals surface area (Å²) < 4.78 is 10.4. The minimum atomic E-state index is -0.0662. The molecular weight excluding hydrogens is 234 g/mol. The number of rotatable bonds is 4. The SMILES string of the molecule is CN(C)C(=O)CCC(=O)c1ccc2c(c1)OCO2. The molecule has 0 radical (unpaired) electrons. The first kappa shape index (κ1) is 12.4. The summed E-state index contributed by atoms with van der Waals surface area (Å²) in [4.78, 5) is 24.8. The minimum Gasteiger partial charge on any atom is -0.454 e. The van der Waals surface area contributed by atoms with Gasteiger partial charge in [-0.15, -0.1) is 0 Å². The molecule has 0 atom stereocenters. The lowest BCUT2D eigenvalue weighted by molar-refractivity contribution is -0.128. The molecular formula is C13H15NO4. The Morgan fingerprint density at radius 2 is 1.89 bits per heavy atom. The Morgan fingerprint density at radius 1 is 1.17 bits per heavy atom. The fraction of sp³-hybridized carbons (Fsp3) is 0.385. The van der Waals surface area contributed by atoms with Crippen molar-refractivity contribution >= 4 is 11.7 Å². The molecule has 0 saturated heterocycles. The Hall–Kier alpha value is -2.04. The van der Waals surface area contributed by atoms with Crippen molar-refractivity contribution in [3.63, 3.8) is 0 Å². The average molecular weight is 249 g/mol. The van der Waals surface area contributed by atoms with Gasteiger partial charge in [-0.2, -0.15) is 0 Å². The van der Waals surface area contributed by atoms with E-state index >= 15 is 0 Å². The first-order chi connectivity index (χ1) is 8.58. The second-order valence-corrected chi connectivity index (χ2v) is 4.28. The maximum absolute atomic E-state index is 11.9. The van der Waals surface area contributed by atoms with Crippen LogP contribution in [0.1, 0.15) is 23.2 Å². The maximum Gasteiger partial charge on any atom is 0.231 e. The van der Waals surface area contributed by atoms with Gasteiger partial charge >= 0.3 is 0 Å². The highest BCUT2D eigenvalue weighted by molar-refractivity contribution is 5.98. The number of carbonyl (C=O) groups is 2. The van der Waals surface area contributed by atoms with Crippen LogP contribution >= 0.6 is 0 Å². The van der Waals surface area contributed by atoms with E-state index in [0.717, 1.165) is 0 Å². The third kappa shape index (κ3) is 2.61. The summed E-state index contributed by atoms with van der Waals surface area (Å²) >= 11 is 0. The molecule has 1 aromatic rings. The molecule has 0 saturated carbocycles. The van der Waals surface area contributed by atoms with Crippen molar-refractivity contribution in [2.24, 2.45) is 0 Å². The summed E-state index contributed by atoms with van der Waals surface area (Å²) in [6, 6.07) is 5.06. The van der Waals surface area contributed by atoms with Gasteiger partial charge in [-0.05, 0) is 18.2 Å². The Labute approximate surface area is 105 Å². The number of fused-ring (bicyclic) bond motifs is 1. The molecule has 0 bridgehead atoms. The second-order valence-electron chi connectivity index (χ2n) is 4.28. The fourth-order valence-electron chi connectivity index (χ4n) is 1.66. The van der Waals surface area contributed by atoms with Crippen LogP contribution in [-0.2, 0) is 4.79 Å². The summed E-state index contributed by atoms with van der Waals surface area (Å²) in [5.74, 6) is 1.11. The van der Waals surface area contributed by atoms with Crippen LogP contribution in [0.25, 0.3) is 0 Å². The first-order valence-electron chi connectivity index (χ1n) is 5.71. The summed E-state index contributed by atoms with van der Waals surface area (Å²) in [5.41, 5.74) is 0.547. The molecule has 0 N–H and O–H groups in total. The van der Waals surface area contributed by atoms with Gasteiger partial charge < -0.3 is 14.4 Å². The van der Waals surface area contributed by atoms with Gasteiger partial charge in [0.1, 0.15) is 0 Å². The molecule has 0 spiro atoms. The van der Waals surface area contributed by atoms with Gasteiger partial charge in [0.25, 0.3) is 0 Å². The molecule has 5 nitrogen and oxygen atoms in total. The highest BCUT2D eigenvalue weighted by Crippen LogP contribution is 2.32. The molecule has 0 fully saturated rings. The lowest BCUT2D eigenvalue weighted by atomic mass is 10.1. The molecule has 1 aliphatic heterocycles. The normalized spacial score (nSPS) is 12.3. The lowest BCUT2D eigenvalue weighted by Gasteiger charge is -2.09. The summed E-state index contributed by atoms with van der Waals surface area (Å²) in [6.45, 7) is 0.187. The highest BCUT2D eigenvalue weighted by atomic mass is 16.7. The zero-order chi connectivity index (χ0) is 13.1. The molecule has 5 heteroatoms. The van der Waals surface area contributed by atoms with Gasteiger partial charge in [0.15, 0.2) is 17.3 Å². The van der Waals surface area contributed by atoms with Gasteiger partial charge in [0.05, 0.1) is 0 Å². The van der Waals surface area contributed by atoms with Crippen molar-refractivity contribution < 1.29 is 19.1 Å². The molecule has 18 heavy (non-hydrogen) atoms. The monoisotopic (exact) mass is 249 g/mol. The van der Waals surface area contributed by atoms with Crippen LogP contribution in [0.4, 0.5) is 0 Å². The Bertz CT molecular complexity index is 482. The van der Waals surface area contributed by atoms with E-state index in [0.29, 0.717) is 17.1 Å². The zero-order valence-electron chi connectivity index (χ0n) is 10.4. The number of carbonyl (C=O) groups excluding carboxylic acids is 2. The third-order valence-electron chi connectivity index (χ3n) is 2.76. The summed E-state index contributed by atoms with van der Waals surface area (Å²) in [6.07, 6.45) is 0.428. The van der Waals surface area contributed by atoms with E-state index in [1.54, 1.807) is 32.3 Å². The molecule has 0 aliphatic carbocycles. The van der Waals surface area contributed by atoms with Gasteiger partial charge in [0.2, 0.25) is 12.7 Å². The molecule has 1 amide bonds. The van der Waals surface area contributed by atoms with E-state index in [2.05, 4.69) is 0 Å². The van der Waals surface area contributed by atoms with Crippen molar-refractivity contribution in [1.29, 1.82) is 0 Å². The fourth-order valence-corrected chi connectivity index (χ4v) is 1.66. The number of Topliss-reactive ketones (excluding diaryl/α,β-unsaturated/α-hetero) is 1. The quantitative estimate of drug-likeness (QED) is 0.758. The van der Waals surface area contributed by atoms with Crippen LogP contribution in [0.5, 0.6) is 11.5 Å². The Balaban J connectivity index is 1.99. The number of ether oxygens (including phenoxy) is 2. The third-order valence-corrected chi connectivity index (χ3v) is 2.76. The largest absolute Gasteiger partial charge is 0.454 e. The summed E-state index contributed by atoms with van der Waals surface area (Å²) in [5, 5.41) is 0. The van der Waals surface area contributed by atoms with E-state index in [1.807, 2.05) is 0 Å². The van der Waals surface area contributed by atoms with E-state index in [1.165, 1.54) is 4.90 Å². The number of ketones is 1. The topological polar surface area (TPSA) is 55.8 Å². The molecule has 1 aromatic carbocycles. The second kappa shape index (κ2) is 5.08. The van der Waals surface area contributed by atoms with E-state index in [-0.39, 0.29) is 31.3 Å². The standard InChI is InChI=1S/C13H15NO4/c1-14(2)13(16)6-4-10(15)9-3-5-11-12(7-9)18-8-17-11/h3,5,7H,4,6,8H2,1-2H3. The predicted octanol–water partition coefficient (Wildman–Crippen LogP) is 1.47. The molecule has 1 heterocycles. The molecule has 0 aromatic heterocycles. The van der Waals surface area contributed by atoms with Crippen LogP contribution in [0.2, 0.25) is 0 Å². The Morgan fingerprint density at radius 3 is 2.61 bits per heavy atom. The summed E-state index contributed by atoms with van der Waals surface area (Å²) in [7, 11) is 3.35. The van der Waals surface area contributed by atoms with Gasteiger partial charge in [-0.3, -0.25) is 9.59 Å². The minimum absolute atomic E-state index is 0.0518. The molecule has 96 valence electrons. The van der Waals surface area contributed by atoms with Crippen molar-refractivity contribution in [3.05, 3.63) is 23.8 Å². The van der Waals surface area contributed by atoms with Gasteiger partial charge in [-0.25, -0.2) is 0 Å². The van der Waals surface area contributed by atoms with E-state index in [9.17, 15) is 9.59 Å². The van der Waals surface area contributed by atoms with E-state index < -0.39 is 0 Å². The van der Waals surface area contributed by atoms with Crippen molar-refractivity contribution in [1.82, 2.24) is 4.90 Å². The van der Waals surface area contributed by atoms with Crippen LogP contribution in [0.15, 0.2) is 18.2 Å². The van der Waals surface area contributed by atoms with Crippen molar-refractivity contribution in [2.75, 3.05) is 20.9 Å². The highest BCUT2D eigenvalue weighted by Gasteiger charge is 2.17. The number of amides is 1. The van der Waals surface area contributed by atoms with Crippen LogP contribution < -0.4 is 9.47 Å². The van der Waals surface area contributed by atoms with Gasteiger partial charge in [-0.1, -0.05) is 0 Å². The zero-order valence-corrected chi connectivity index (χ0v) is 10.4.